The van der Waals surface area contributed by atoms with E-state index in [0.717, 1.165) is 6.54 Å². The second kappa shape index (κ2) is 5.78. The molecule has 0 aliphatic rings. The lowest BCUT2D eigenvalue weighted by Crippen LogP contribution is -2.35. The van der Waals surface area contributed by atoms with E-state index < -0.39 is 0 Å². The molecule has 0 fully saturated rings. The number of halogens is 2. The number of pyridine rings is 1. The van der Waals surface area contributed by atoms with Crippen molar-refractivity contribution in [2.24, 2.45) is 5.92 Å². The number of aromatic nitrogens is 1. The van der Waals surface area contributed by atoms with E-state index in [-0.39, 0.29) is 0 Å². The highest BCUT2D eigenvalue weighted by Crippen LogP contribution is 2.31. The summed E-state index contributed by atoms with van der Waals surface area (Å²) in [7, 11) is 0. The predicted octanol–water partition coefficient (Wildman–Crippen LogP) is 3.84. The monoisotopic (exact) mass is 275 g/mol. The molecule has 0 saturated carbocycles. The van der Waals surface area contributed by atoms with Gasteiger partial charge in [0.1, 0.15) is 11.6 Å². The van der Waals surface area contributed by atoms with Crippen LogP contribution in [0.4, 0.5) is 11.6 Å². The van der Waals surface area contributed by atoms with Crippen molar-refractivity contribution in [1.82, 2.24) is 4.98 Å². The molecule has 0 aliphatic carbocycles. The molecule has 0 bridgehead atoms. The van der Waals surface area contributed by atoms with E-state index in [1.807, 2.05) is 0 Å². The van der Waals surface area contributed by atoms with Gasteiger partial charge in [-0.2, -0.15) is 0 Å². The third-order valence-electron chi connectivity index (χ3n) is 2.40. The van der Waals surface area contributed by atoms with Crippen LogP contribution >= 0.6 is 23.2 Å². The van der Waals surface area contributed by atoms with Gasteiger partial charge in [0.05, 0.1) is 10.0 Å². The Kier molecular flexibility index (Phi) is 4.90. The number of nitrogens with two attached hydrogens (primary N) is 1. The zero-order chi connectivity index (χ0) is 13.2. The minimum Gasteiger partial charge on any atom is -0.382 e. The summed E-state index contributed by atoms with van der Waals surface area (Å²) in [6, 6.07) is 1.96. The van der Waals surface area contributed by atoms with Crippen molar-refractivity contribution in [3.63, 3.8) is 0 Å². The average Bonchev–Trinajstić information content (AvgIpc) is 2.20. The summed E-state index contributed by atoms with van der Waals surface area (Å²) in [5.41, 5.74) is 5.73. The highest BCUT2D eigenvalue weighted by Gasteiger charge is 2.18. The molecule has 0 radical (unpaired) electrons. The third kappa shape index (κ3) is 3.65. The summed E-state index contributed by atoms with van der Waals surface area (Å²) in [6.07, 6.45) is 0. The van der Waals surface area contributed by atoms with Crippen molar-refractivity contribution >= 4 is 34.8 Å². The van der Waals surface area contributed by atoms with Crippen molar-refractivity contribution in [2.75, 3.05) is 17.2 Å². The van der Waals surface area contributed by atoms with Gasteiger partial charge < -0.3 is 10.6 Å². The summed E-state index contributed by atoms with van der Waals surface area (Å²) in [4.78, 5) is 6.43. The van der Waals surface area contributed by atoms with Gasteiger partial charge in [-0.25, -0.2) is 4.98 Å². The number of hydrogen-bond acceptors (Lipinski definition) is 3. The molecule has 1 aromatic rings. The van der Waals surface area contributed by atoms with E-state index in [9.17, 15) is 0 Å². The molecular formula is C12H19Cl2N3. The number of hydrogen-bond donors (Lipinski definition) is 1. The summed E-state index contributed by atoms with van der Waals surface area (Å²) in [6.45, 7) is 9.40. The molecule has 3 nitrogen and oxygen atoms in total. The molecule has 17 heavy (non-hydrogen) atoms. The normalized spacial score (nSPS) is 11.3. The maximum Gasteiger partial charge on any atom is 0.150 e. The summed E-state index contributed by atoms with van der Waals surface area (Å²) in [5.74, 6) is 1.55. The Morgan fingerprint density at radius 1 is 1.24 bits per heavy atom. The minimum atomic E-state index is 0.308. The maximum absolute atomic E-state index is 6.18. The van der Waals surface area contributed by atoms with Gasteiger partial charge in [-0.05, 0) is 25.8 Å². The Bertz CT molecular complexity index is 392. The third-order valence-corrected chi connectivity index (χ3v) is 2.98. The van der Waals surface area contributed by atoms with Crippen LogP contribution in [0.2, 0.25) is 10.0 Å². The minimum absolute atomic E-state index is 0.308. The predicted molar refractivity (Wildman–Crippen MR) is 76.0 cm³/mol. The van der Waals surface area contributed by atoms with Crippen molar-refractivity contribution in [1.29, 1.82) is 0 Å². The molecule has 0 saturated heterocycles. The second-order valence-corrected chi connectivity index (χ2v) is 5.62. The molecule has 0 amide bonds. The van der Waals surface area contributed by atoms with E-state index in [0.29, 0.717) is 33.6 Å². The van der Waals surface area contributed by atoms with Gasteiger partial charge in [0.25, 0.3) is 0 Å². The van der Waals surface area contributed by atoms with Gasteiger partial charge in [0.15, 0.2) is 0 Å². The molecule has 0 aromatic carbocycles. The Balaban J connectivity index is 3.14. The van der Waals surface area contributed by atoms with Crippen LogP contribution in [-0.2, 0) is 0 Å². The number of anilines is 2. The number of nitrogen functional groups attached to an aromatic ring is 1. The fraction of sp³-hybridized carbons (Fsp3) is 0.583. The average molecular weight is 276 g/mol. The van der Waals surface area contributed by atoms with Crippen LogP contribution in [0.25, 0.3) is 0 Å². The Morgan fingerprint density at radius 2 is 1.82 bits per heavy atom. The molecule has 0 atom stereocenters. The van der Waals surface area contributed by atoms with Gasteiger partial charge in [-0.1, -0.05) is 37.0 Å². The van der Waals surface area contributed by atoms with E-state index in [1.165, 1.54) is 0 Å². The van der Waals surface area contributed by atoms with Crippen LogP contribution < -0.4 is 10.6 Å². The lowest BCUT2D eigenvalue weighted by atomic mass is 10.2. The van der Waals surface area contributed by atoms with E-state index in [2.05, 4.69) is 37.6 Å². The van der Waals surface area contributed by atoms with Gasteiger partial charge in [0, 0.05) is 12.6 Å². The van der Waals surface area contributed by atoms with Gasteiger partial charge in [0.2, 0.25) is 0 Å². The highest BCUT2D eigenvalue weighted by molar-refractivity contribution is 6.37. The molecule has 0 unspecified atom stereocenters. The topological polar surface area (TPSA) is 42.2 Å². The van der Waals surface area contributed by atoms with Crippen LogP contribution in [0.5, 0.6) is 0 Å². The molecule has 0 aliphatic heterocycles. The van der Waals surface area contributed by atoms with Gasteiger partial charge in [-0.3, -0.25) is 0 Å². The Hall–Kier alpha value is -0.670. The summed E-state index contributed by atoms with van der Waals surface area (Å²) >= 11 is 12.1. The number of rotatable bonds is 4. The van der Waals surface area contributed by atoms with Crippen molar-refractivity contribution in [3.8, 4) is 0 Å². The zero-order valence-electron chi connectivity index (χ0n) is 10.7. The van der Waals surface area contributed by atoms with Crippen molar-refractivity contribution in [3.05, 3.63) is 16.1 Å². The molecule has 96 valence electrons. The van der Waals surface area contributed by atoms with E-state index >= 15 is 0 Å². The molecule has 1 heterocycles. The van der Waals surface area contributed by atoms with Crippen LogP contribution in [0, 0.1) is 5.92 Å². The quantitative estimate of drug-likeness (QED) is 0.908. The van der Waals surface area contributed by atoms with Crippen LogP contribution in [0.1, 0.15) is 27.7 Å². The first-order valence-electron chi connectivity index (χ1n) is 5.71. The van der Waals surface area contributed by atoms with Crippen molar-refractivity contribution < 1.29 is 0 Å². The largest absolute Gasteiger partial charge is 0.382 e. The smallest absolute Gasteiger partial charge is 0.150 e. The Labute approximate surface area is 113 Å². The standard InChI is InChI=1S/C12H19Cl2N3/c1-7(2)6-17(8(3)4)12-10(14)5-9(13)11(15)16-12/h5,7-8H,6H2,1-4H3,(H2,15,16). The van der Waals surface area contributed by atoms with E-state index in [1.54, 1.807) is 6.07 Å². The SMILES string of the molecule is CC(C)CN(c1nc(N)c(Cl)cc1Cl)C(C)C. The van der Waals surface area contributed by atoms with Gasteiger partial charge in [-0.15, -0.1) is 0 Å². The lowest BCUT2D eigenvalue weighted by molar-refractivity contribution is 0.566. The van der Waals surface area contributed by atoms with Crippen LogP contribution in [-0.4, -0.2) is 17.6 Å². The molecule has 2 N–H and O–H groups in total. The van der Waals surface area contributed by atoms with E-state index in [4.69, 9.17) is 28.9 Å². The van der Waals surface area contributed by atoms with Crippen LogP contribution in [0.3, 0.4) is 0 Å². The Morgan fingerprint density at radius 3 is 2.29 bits per heavy atom. The summed E-state index contributed by atoms with van der Waals surface area (Å²) in [5, 5.41) is 0.936. The molecule has 5 heteroatoms. The summed E-state index contributed by atoms with van der Waals surface area (Å²) < 4.78 is 0. The molecule has 1 rings (SSSR count). The highest BCUT2D eigenvalue weighted by atomic mass is 35.5. The fourth-order valence-electron chi connectivity index (χ4n) is 1.61. The maximum atomic E-state index is 6.18. The molecule has 0 spiro atoms. The zero-order valence-corrected chi connectivity index (χ0v) is 12.2. The molecule has 1 aromatic heterocycles. The first-order chi connectivity index (χ1) is 7.82. The lowest BCUT2D eigenvalue weighted by Gasteiger charge is -2.30. The van der Waals surface area contributed by atoms with Gasteiger partial charge >= 0.3 is 0 Å². The first kappa shape index (κ1) is 14.4. The molecular weight excluding hydrogens is 257 g/mol. The first-order valence-corrected chi connectivity index (χ1v) is 6.46. The number of nitrogens with zero attached hydrogens (tertiary/aromatic N) is 2. The second-order valence-electron chi connectivity index (χ2n) is 4.80. The van der Waals surface area contributed by atoms with Crippen molar-refractivity contribution in [2.45, 2.75) is 33.7 Å². The van der Waals surface area contributed by atoms with Crippen LogP contribution in [0.15, 0.2) is 6.07 Å². The fourth-order valence-corrected chi connectivity index (χ4v) is 2.07.